The van der Waals surface area contributed by atoms with Crippen molar-refractivity contribution in [3.8, 4) is 0 Å². The monoisotopic (exact) mass is 387 g/mol. The van der Waals surface area contributed by atoms with Gasteiger partial charge in [0.1, 0.15) is 16.9 Å². The number of fused-ring (bicyclic) bond motifs is 5. The number of benzene rings is 1. The summed E-state index contributed by atoms with van der Waals surface area (Å²) in [6.07, 6.45) is 8.12. The standard InChI is InChI=1S/C22H21N5O2/c1-4-21(2,3)22-10-17-18(28)25-16(9-13-11-23-12-24-13)19(29)27(17)20(22)26-15-8-6-5-7-14(15)22/h4-12,20,26H,1H2,2-3H3,(H,23,24)(H,25,28)/b16-9+/t20-,22+/m0/s1. The molecule has 146 valence electrons. The summed E-state index contributed by atoms with van der Waals surface area (Å²) in [6, 6.07) is 7.98. The number of imidazole rings is 1. The molecule has 7 nitrogen and oxygen atoms in total. The van der Waals surface area contributed by atoms with Crippen LogP contribution in [-0.2, 0) is 5.41 Å². The van der Waals surface area contributed by atoms with E-state index in [0.717, 1.165) is 11.3 Å². The molecule has 29 heavy (non-hydrogen) atoms. The van der Waals surface area contributed by atoms with E-state index in [4.69, 9.17) is 0 Å². The summed E-state index contributed by atoms with van der Waals surface area (Å²) in [7, 11) is 0. The molecule has 2 aliphatic rings. The van der Waals surface area contributed by atoms with Crippen LogP contribution in [0, 0.1) is 5.41 Å². The number of hydrogen-bond donors (Lipinski definition) is 3. The van der Waals surface area contributed by atoms with E-state index in [1.54, 1.807) is 16.8 Å². The number of para-hydroxylation sites is 1. The van der Waals surface area contributed by atoms with E-state index in [-0.39, 0.29) is 16.5 Å². The van der Waals surface area contributed by atoms with Gasteiger partial charge in [0.2, 0.25) is 0 Å². The van der Waals surface area contributed by atoms with Gasteiger partial charge in [-0.3, -0.25) is 14.2 Å². The van der Waals surface area contributed by atoms with Gasteiger partial charge >= 0.3 is 0 Å². The maximum atomic E-state index is 13.4. The highest BCUT2D eigenvalue weighted by atomic mass is 16.1. The minimum Gasteiger partial charge on any atom is -0.364 e. The van der Waals surface area contributed by atoms with Crippen LogP contribution in [0.2, 0.25) is 0 Å². The van der Waals surface area contributed by atoms with Crippen molar-refractivity contribution in [2.45, 2.75) is 25.4 Å². The predicted molar refractivity (Wildman–Crippen MR) is 112 cm³/mol. The predicted octanol–water partition coefficient (Wildman–Crippen LogP) is 0.957. The van der Waals surface area contributed by atoms with Gasteiger partial charge in [-0.1, -0.05) is 38.1 Å². The second-order valence-corrected chi connectivity index (χ2v) is 8.11. The quantitative estimate of drug-likeness (QED) is 0.584. The van der Waals surface area contributed by atoms with Crippen LogP contribution in [0.5, 0.6) is 0 Å². The highest BCUT2D eigenvalue weighted by molar-refractivity contribution is 5.71. The molecule has 2 aliphatic heterocycles. The van der Waals surface area contributed by atoms with E-state index in [2.05, 4.69) is 40.7 Å². The first kappa shape index (κ1) is 17.5. The molecule has 2 atom stereocenters. The topological polar surface area (TPSA) is 95.6 Å². The molecule has 2 aromatic heterocycles. The van der Waals surface area contributed by atoms with Crippen LogP contribution in [0.25, 0.3) is 12.2 Å². The lowest BCUT2D eigenvalue weighted by Gasteiger charge is -2.42. The number of nitrogens with one attached hydrogen (secondary N) is 3. The maximum absolute atomic E-state index is 13.4. The molecule has 0 bridgehead atoms. The summed E-state index contributed by atoms with van der Waals surface area (Å²) in [5, 5.41) is 4.05. The lowest BCUT2D eigenvalue weighted by atomic mass is 9.61. The van der Waals surface area contributed by atoms with Crippen LogP contribution in [0.3, 0.4) is 0 Å². The summed E-state index contributed by atoms with van der Waals surface area (Å²) in [5.74, 6) is 0. The lowest BCUT2D eigenvalue weighted by molar-refractivity contribution is 0.245. The zero-order chi connectivity index (χ0) is 20.4. The van der Waals surface area contributed by atoms with Crippen molar-refractivity contribution < 1.29 is 0 Å². The number of rotatable bonds is 3. The molecule has 0 amide bonds. The number of hydrogen-bond acceptors (Lipinski definition) is 4. The number of nitrogens with zero attached hydrogens (tertiary/aromatic N) is 2. The Bertz CT molecular complexity index is 1380. The van der Waals surface area contributed by atoms with Crippen molar-refractivity contribution in [3.05, 3.63) is 92.1 Å². The molecular weight excluding hydrogens is 366 g/mol. The molecule has 0 radical (unpaired) electrons. The molecule has 0 unspecified atom stereocenters. The molecule has 7 heteroatoms. The number of anilines is 1. The van der Waals surface area contributed by atoms with Crippen LogP contribution in [-0.4, -0.2) is 19.5 Å². The second-order valence-electron chi connectivity index (χ2n) is 8.11. The third-order valence-corrected chi connectivity index (χ3v) is 6.30. The Kier molecular flexibility index (Phi) is 3.44. The molecule has 0 saturated carbocycles. The molecule has 3 aromatic rings. The fourth-order valence-electron chi connectivity index (χ4n) is 4.65. The van der Waals surface area contributed by atoms with Crippen LogP contribution in [0.15, 0.2) is 59.0 Å². The minimum atomic E-state index is -0.614. The third-order valence-electron chi connectivity index (χ3n) is 6.30. The normalized spacial score (nSPS) is 22.4. The molecule has 3 N–H and O–H groups in total. The lowest BCUT2D eigenvalue weighted by Crippen LogP contribution is -2.54. The Morgan fingerprint density at radius 3 is 2.79 bits per heavy atom. The van der Waals surface area contributed by atoms with E-state index in [9.17, 15) is 9.59 Å². The van der Waals surface area contributed by atoms with Crippen LogP contribution < -0.4 is 27.1 Å². The number of H-pyrrole nitrogens is 2. The average Bonchev–Trinajstić information content (AvgIpc) is 3.40. The van der Waals surface area contributed by atoms with Gasteiger partial charge in [-0.25, -0.2) is 4.98 Å². The summed E-state index contributed by atoms with van der Waals surface area (Å²) in [5.41, 5.74) is 1.05. The van der Waals surface area contributed by atoms with Crippen LogP contribution in [0.1, 0.15) is 31.3 Å². The van der Waals surface area contributed by atoms with Crippen LogP contribution >= 0.6 is 0 Å². The SMILES string of the molecule is C=CC(C)(C)[C@@]12C=c3c(=O)[nH]/c(=C/c4cnc[nH]4)c(=O)n3[C@@H]1Nc1ccccc12. The minimum absolute atomic E-state index is 0.210. The molecule has 0 fully saturated rings. The molecule has 0 spiro atoms. The summed E-state index contributed by atoms with van der Waals surface area (Å²) < 4.78 is 1.58. The van der Waals surface area contributed by atoms with Gasteiger partial charge in [-0.15, -0.1) is 6.58 Å². The largest absolute Gasteiger partial charge is 0.364 e. The molecule has 1 aromatic carbocycles. The Balaban J connectivity index is 1.86. The van der Waals surface area contributed by atoms with Gasteiger partial charge < -0.3 is 15.3 Å². The number of aromatic nitrogens is 4. The molecule has 0 saturated heterocycles. The maximum Gasteiger partial charge on any atom is 0.276 e. The molecule has 5 rings (SSSR count). The van der Waals surface area contributed by atoms with Gasteiger partial charge in [-0.2, -0.15) is 0 Å². The van der Waals surface area contributed by atoms with Crippen molar-refractivity contribution in [2.75, 3.05) is 5.32 Å². The highest BCUT2D eigenvalue weighted by Gasteiger charge is 2.57. The zero-order valence-electron chi connectivity index (χ0n) is 16.2. The van der Waals surface area contributed by atoms with Crippen molar-refractivity contribution in [2.24, 2.45) is 5.41 Å². The first-order valence-corrected chi connectivity index (χ1v) is 9.46. The van der Waals surface area contributed by atoms with Gasteiger partial charge in [0.15, 0.2) is 0 Å². The van der Waals surface area contributed by atoms with E-state index in [0.29, 0.717) is 11.0 Å². The van der Waals surface area contributed by atoms with Crippen molar-refractivity contribution in [1.82, 2.24) is 19.5 Å². The summed E-state index contributed by atoms with van der Waals surface area (Å²) in [6.45, 7) is 8.20. The van der Waals surface area contributed by atoms with E-state index in [1.165, 1.54) is 6.33 Å². The summed E-state index contributed by atoms with van der Waals surface area (Å²) in [4.78, 5) is 36.0. The first-order valence-electron chi connectivity index (χ1n) is 9.46. The first-order chi connectivity index (χ1) is 13.9. The van der Waals surface area contributed by atoms with Gasteiger partial charge in [0, 0.05) is 5.69 Å². The molecular formula is C22H21N5O2. The third kappa shape index (κ3) is 2.15. The molecule has 4 heterocycles. The van der Waals surface area contributed by atoms with Crippen LogP contribution in [0.4, 0.5) is 5.69 Å². The van der Waals surface area contributed by atoms with E-state index in [1.807, 2.05) is 36.4 Å². The van der Waals surface area contributed by atoms with E-state index >= 15 is 0 Å². The highest BCUT2D eigenvalue weighted by Crippen LogP contribution is 2.58. The molecule has 0 aliphatic carbocycles. The number of aromatic amines is 2. The van der Waals surface area contributed by atoms with Gasteiger partial charge in [-0.05, 0) is 29.2 Å². The fourth-order valence-corrected chi connectivity index (χ4v) is 4.65. The zero-order valence-corrected chi connectivity index (χ0v) is 16.2. The average molecular weight is 387 g/mol. The Morgan fingerprint density at radius 1 is 1.28 bits per heavy atom. The summed E-state index contributed by atoms with van der Waals surface area (Å²) >= 11 is 0. The van der Waals surface area contributed by atoms with Crippen molar-refractivity contribution in [3.63, 3.8) is 0 Å². The number of allylic oxidation sites excluding steroid dienone is 1. The van der Waals surface area contributed by atoms with Crippen molar-refractivity contribution in [1.29, 1.82) is 0 Å². The Labute approximate surface area is 166 Å². The second kappa shape index (κ2) is 5.70. The van der Waals surface area contributed by atoms with E-state index < -0.39 is 17.0 Å². The smallest absolute Gasteiger partial charge is 0.276 e. The Morgan fingerprint density at radius 2 is 2.07 bits per heavy atom. The van der Waals surface area contributed by atoms with Gasteiger partial charge in [0.25, 0.3) is 11.1 Å². The van der Waals surface area contributed by atoms with Gasteiger partial charge in [0.05, 0.1) is 23.6 Å². The Hall–Kier alpha value is -3.61. The van der Waals surface area contributed by atoms with Crippen molar-refractivity contribution >= 4 is 17.8 Å². The fraction of sp³-hybridized carbons (Fsp3) is 0.227.